The van der Waals surface area contributed by atoms with E-state index in [0.717, 1.165) is 11.3 Å². The molecule has 0 unspecified atom stereocenters. The van der Waals surface area contributed by atoms with Crippen LogP contribution in [0.2, 0.25) is 0 Å². The fourth-order valence-electron chi connectivity index (χ4n) is 3.78. The van der Waals surface area contributed by atoms with Crippen LogP contribution < -0.4 is 4.90 Å². The Bertz CT molecular complexity index is 575. The SMILES string of the molecule is CN1C(=O)N2CCN3c4ccccc4[C@@]1(C)[C@]23O. The van der Waals surface area contributed by atoms with Crippen LogP contribution in [0.3, 0.4) is 0 Å². The summed E-state index contributed by atoms with van der Waals surface area (Å²) in [4.78, 5) is 17.4. The van der Waals surface area contributed by atoms with Crippen LogP contribution in [0.15, 0.2) is 24.3 Å². The number of para-hydroxylation sites is 1. The van der Waals surface area contributed by atoms with Gasteiger partial charge in [0.1, 0.15) is 5.54 Å². The lowest BCUT2D eigenvalue weighted by atomic mass is 9.89. The fourth-order valence-corrected chi connectivity index (χ4v) is 3.78. The molecule has 0 aromatic heterocycles. The van der Waals surface area contributed by atoms with E-state index in [2.05, 4.69) is 0 Å². The normalized spacial score (nSPS) is 36.4. The average Bonchev–Trinajstić information content (AvgIpc) is 2.87. The summed E-state index contributed by atoms with van der Waals surface area (Å²) in [6.45, 7) is 3.20. The highest BCUT2D eigenvalue weighted by Crippen LogP contribution is 2.58. The van der Waals surface area contributed by atoms with Crippen molar-refractivity contribution in [3.8, 4) is 0 Å². The zero-order valence-corrected chi connectivity index (χ0v) is 10.4. The van der Waals surface area contributed by atoms with Crippen LogP contribution in [0, 0.1) is 0 Å². The first-order valence-electron chi connectivity index (χ1n) is 6.18. The molecule has 0 spiro atoms. The number of nitrogens with zero attached hydrogens (tertiary/aromatic N) is 3. The second-order valence-corrected chi connectivity index (χ2v) is 5.37. The minimum absolute atomic E-state index is 0.1000. The summed E-state index contributed by atoms with van der Waals surface area (Å²) in [5, 5.41) is 11.1. The third-order valence-corrected chi connectivity index (χ3v) is 4.86. The molecule has 3 heterocycles. The molecule has 5 heteroatoms. The summed E-state index contributed by atoms with van der Waals surface area (Å²) in [6, 6.07) is 7.84. The predicted octanol–water partition coefficient (Wildman–Crippen LogP) is 0.749. The van der Waals surface area contributed by atoms with Crippen molar-refractivity contribution >= 4 is 11.7 Å². The van der Waals surface area contributed by atoms with Crippen LogP contribution in [-0.4, -0.2) is 46.9 Å². The first kappa shape index (κ1) is 10.2. The maximum absolute atomic E-state index is 12.3. The van der Waals surface area contributed by atoms with Crippen molar-refractivity contribution in [3.63, 3.8) is 0 Å². The zero-order valence-electron chi connectivity index (χ0n) is 10.4. The Kier molecular flexibility index (Phi) is 1.50. The van der Waals surface area contributed by atoms with E-state index in [0.29, 0.717) is 13.1 Å². The molecule has 3 aliphatic rings. The van der Waals surface area contributed by atoms with E-state index >= 15 is 0 Å². The van der Waals surface area contributed by atoms with Gasteiger partial charge < -0.3 is 14.9 Å². The predicted molar refractivity (Wildman–Crippen MR) is 66.0 cm³/mol. The van der Waals surface area contributed by atoms with E-state index < -0.39 is 11.4 Å². The van der Waals surface area contributed by atoms with E-state index in [1.165, 1.54) is 0 Å². The summed E-state index contributed by atoms with van der Waals surface area (Å²) in [7, 11) is 1.76. The Balaban J connectivity index is 2.08. The Morgan fingerprint density at radius 3 is 2.67 bits per heavy atom. The van der Waals surface area contributed by atoms with Gasteiger partial charge in [-0.15, -0.1) is 0 Å². The Labute approximate surface area is 105 Å². The average molecular weight is 245 g/mol. The first-order chi connectivity index (χ1) is 8.53. The fraction of sp³-hybridized carbons (Fsp3) is 0.462. The zero-order chi connectivity index (χ0) is 12.7. The molecule has 0 saturated carbocycles. The van der Waals surface area contributed by atoms with Gasteiger partial charge in [-0.25, -0.2) is 4.79 Å². The van der Waals surface area contributed by atoms with Crippen molar-refractivity contribution in [2.75, 3.05) is 25.0 Å². The molecule has 0 bridgehead atoms. The maximum atomic E-state index is 12.3. The number of hydrogen-bond donors (Lipinski definition) is 1. The van der Waals surface area contributed by atoms with Crippen molar-refractivity contribution in [2.24, 2.45) is 0 Å². The summed E-state index contributed by atoms with van der Waals surface area (Å²) >= 11 is 0. The third-order valence-electron chi connectivity index (χ3n) is 4.86. The molecule has 2 fully saturated rings. The van der Waals surface area contributed by atoms with Gasteiger partial charge in [-0.1, -0.05) is 18.2 Å². The number of hydrogen-bond acceptors (Lipinski definition) is 3. The summed E-state index contributed by atoms with van der Waals surface area (Å²) in [5.41, 5.74) is 1.35. The van der Waals surface area contributed by atoms with Crippen LogP contribution >= 0.6 is 0 Å². The second-order valence-electron chi connectivity index (χ2n) is 5.37. The first-order valence-corrected chi connectivity index (χ1v) is 6.18. The molecule has 5 nitrogen and oxygen atoms in total. The van der Waals surface area contributed by atoms with Gasteiger partial charge in [0.25, 0.3) is 5.85 Å². The lowest BCUT2D eigenvalue weighted by molar-refractivity contribution is -0.0938. The molecule has 2 atom stereocenters. The van der Waals surface area contributed by atoms with E-state index in [1.807, 2.05) is 36.1 Å². The van der Waals surface area contributed by atoms with Crippen LogP contribution in [0.25, 0.3) is 0 Å². The smallest absolute Gasteiger partial charge is 0.324 e. The lowest BCUT2D eigenvalue weighted by Gasteiger charge is -2.38. The number of likely N-dealkylation sites (N-methyl/N-ethyl adjacent to an activating group) is 1. The van der Waals surface area contributed by atoms with Gasteiger partial charge in [0, 0.05) is 31.4 Å². The highest BCUT2D eigenvalue weighted by molar-refractivity contribution is 5.85. The van der Waals surface area contributed by atoms with Crippen molar-refractivity contribution in [3.05, 3.63) is 29.8 Å². The molecular weight excluding hydrogens is 230 g/mol. The van der Waals surface area contributed by atoms with Crippen LogP contribution in [0.5, 0.6) is 0 Å². The van der Waals surface area contributed by atoms with Crippen LogP contribution in [-0.2, 0) is 5.54 Å². The number of aliphatic hydroxyl groups is 1. The number of carbonyl (C=O) groups is 1. The number of carbonyl (C=O) groups excluding carboxylic acids is 1. The lowest BCUT2D eigenvalue weighted by Crippen LogP contribution is -2.58. The van der Waals surface area contributed by atoms with E-state index in [9.17, 15) is 9.90 Å². The van der Waals surface area contributed by atoms with Gasteiger partial charge in [0.15, 0.2) is 0 Å². The quantitative estimate of drug-likeness (QED) is 0.733. The Morgan fingerprint density at radius 1 is 1.22 bits per heavy atom. The van der Waals surface area contributed by atoms with Crippen molar-refractivity contribution < 1.29 is 9.90 Å². The highest BCUT2D eigenvalue weighted by Gasteiger charge is 2.73. The maximum Gasteiger partial charge on any atom is 0.324 e. The number of rotatable bonds is 0. The number of anilines is 1. The van der Waals surface area contributed by atoms with E-state index in [-0.39, 0.29) is 6.03 Å². The minimum atomic E-state index is -1.23. The second kappa shape index (κ2) is 2.64. The summed E-state index contributed by atoms with van der Waals surface area (Å²) in [6.07, 6.45) is 0. The molecule has 1 aromatic carbocycles. The van der Waals surface area contributed by atoms with Crippen LogP contribution in [0.4, 0.5) is 10.5 Å². The Hall–Kier alpha value is -1.75. The standard InChI is InChI=1S/C13H15N3O2/c1-12-9-5-3-4-6-10(9)15-7-8-16(13(12,15)18)11(17)14(12)2/h3-6,18H,7-8H2,1-2H3/t12-,13+/m0/s1. The number of benzene rings is 1. The molecule has 1 N–H and O–H groups in total. The monoisotopic (exact) mass is 245 g/mol. The molecule has 2 saturated heterocycles. The Morgan fingerprint density at radius 2 is 1.89 bits per heavy atom. The van der Waals surface area contributed by atoms with Crippen molar-refractivity contribution in [1.29, 1.82) is 0 Å². The molecule has 1 aromatic rings. The minimum Gasteiger partial charge on any atom is -0.352 e. The molecular formula is C13H15N3O2. The summed E-state index contributed by atoms with van der Waals surface area (Å²) in [5.74, 6) is -1.23. The third kappa shape index (κ3) is 0.713. The van der Waals surface area contributed by atoms with Gasteiger partial charge in [0.2, 0.25) is 0 Å². The van der Waals surface area contributed by atoms with E-state index in [4.69, 9.17) is 0 Å². The van der Waals surface area contributed by atoms with Gasteiger partial charge in [0.05, 0.1) is 0 Å². The molecule has 3 aliphatic heterocycles. The summed E-state index contributed by atoms with van der Waals surface area (Å²) < 4.78 is 0. The van der Waals surface area contributed by atoms with Crippen molar-refractivity contribution in [1.82, 2.24) is 9.80 Å². The topological polar surface area (TPSA) is 47.0 Å². The largest absolute Gasteiger partial charge is 0.352 e. The van der Waals surface area contributed by atoms with E-state index in [1.54, 1.807) is 16.8 Å². The van der Waals surface area contributed by atoms with Gasteiger partial charge >= 0.3 is 6.03 Å². The molecule has 0 aliphatic carbocycles. The highest BCUT2D eigenvalue weighted by atomic mass is 16.4. The molecule has 18 heavy (non-hydrogen) atoms. The van der Waals surface area contributed by atoms with Gasteiger partial charge in [-0.2, -0.15) is 0 Å². The molecule has 2 amide bonds. The number of fused-ring (bicyclic) bond motifs is 3. The molecule has 4 rings (SSSR count). The number of amides is 2. The molecule has 0 radical (unpaired) electrons. The molecule has 94 valence electrons. The van der Waals surface area contributed by atoms with Gasteiger partial charge in [-0.3, -0.25) is 4.90 Å². The van der Waals surface area contributed by atoms with Crippen molar-refractivity contribution in [2.45, 2.75) is 18.3 Å². The van der Waals surface area contributed by atoms with Crippen LogP contribution in [0.1, 0.15) is 12.5 Å². The van der Waals surface area contributed by atoms with Gasteiger partial charge in [-0.05, 0) is 13.0 Å². The number of urea groups is 1.